The SMILES string of the molecule is COC(=O)c1ccc2c(C(=Nc3ccc(CCN(C)C)cc3)c3ccccc3)c(O)[nH]c2c1. The van der Waals surface area contributed by atoms with Crippen LogP contribution in [0.15, 0.2) is 77.8 Å². The molecule has 0 radical (unpaired) electrons. The summed E-state index contributed by atoms with van der Waals surface area (Å²) in [6.07, 6.45) is 0.967. The number of ether oxygens (including phenoxy) is 1. The monoisotopic (exact) mass is 441 g/mol. The lowest BCUT2D eigenvalue weighted by Crippen LogP contribution is -2.14. The Bertz CT molecular complexity index is 1290. The molecule has 0 saturated heterocycles. The molecule has 6 nitrogen and oxygen atoms in total. The van der Waals surface area contributed by atoms with Gasteiger partial charge in [-0.3, -0.25) is 0 Å². The van der Waals surface area contributed by atoms with Gasteiger partial charge in [0.1, 0.15) is 0 Å². The number of carbonyl (C=O) groups excluding carboxylic acids is 1. The third-order valence-corrected chi connectivity index (χ3v) is 5.51. The number of hydrogen-bond donors (Lipinski definition) is 2. The van der Waals surface area contributed by atoms with E-state index in [0.29, 0.717) is 22.4 Å². The lowest BCUT2D eigenvalue weighted by molar-refractivity contribution is 0.0601. The summed E-state index contributed by atoms with van der Waals surface area (Å²) in [4.78, 5) is 22.0. The zero-order valence-corrected chi connectivity index (χ0v) is 19.0. The highest BCUT2D eigenvalue weighted by atomic mass is 16.5. The zero-order chi connectivity index (χ0) is 23.4. The van der Waals surface area contributed by atoms with Gasteiger partial charge >= 0.3 is 5.97 Å². The van der Waals surface area contributed by atoms with E-state index in [2.05, 4.69) is 36.1 Å². The molecular weight excluding hydrogens is 414 g/mol. The van der Waals surface area contributed by atoms with Crippen molar-refractivity contribution in [2.24, 2.45) is 4.99 Å². The fourth-order valence-corrected chi connectivity index (χ4v) is 3.75. The molecule has 1 heterocycles. The minimum atomic E-state index is -0.432. The first-order valence-electron chi connectivity index (χ1n) is 10.8. The molecule has 0 amide bonds. The van der Waals surface area contributed by atoms with Gasteiger partial charge in [-0.2, -0.15) is 0 Å². The molecule has 4 rings (SSSR count). The van der Waals surface area contributed by atoms with Gasteiger partial charge in [0.05, 0.1) is 29.6 Å². The lowest BCUT2D eigenvalue weighted by Gasteiger charge is -2.10. The molecule has 0 aliphatic heterocycles. The number of rotatable bonds is 7. The number of aromatic hydroxyl groups is 1. The highest BCUT2D eigenvalue weighted by Gasteiger charge is 2.20. The predicted molar refractivity (Wildman–Crippen MR) is 132 cm³/mol. The van der Waals surface area contributed by atoms with Crippen molar-refractivity contribution in [2.45, 2.75) is 6.42 Å². The van der Waals surface area contributed by atoms with Crippen LogP contribution in [0.5, 0.6) is 5.88 Å². The Morgan fingerprint density at radius 3 is 2.39 bits per heavy atom. The molecule has 168 valence electrons. The summed E-state index contributed by atoms with van der Waals surface area (Å²) in [7, 11) is 5.47. The Balaban J connectivity index is 1.80. The number of H-pyrrole nitrogens is 1. The van der Waals surface area contributed by atoms with E-state index in [9.17, 15) is 9.90 Å². The van der Waals surface area contributed by atoms with Crippen LogP contribution in [-0.4, -0.2) is 54.4 Å². The third-order valence-electron chi connectivity index (χ3n) is 5.51. The Morgan fingerprint density at radius 2 is 1.73 bits per heavy atom. The third kappa shape index (κ3) is 4.96. The zero-order valence-electron chi connectivity index (χ0n) is 19.0. The number of carbonyl (C=O) groups is 1. The molecule has 2 N–H and O–H groups in total. The fourth-order valence-electron chi connectivity index (χ4n) is 3.75. The number of esters is 1. The predicted octanol–water partition coefficient (Wildman–Crippen LogP) is 4.93. The van der Waals surface area contributed by atoms with E-state index in [-0.39, 0.29) is 5.88 Å². The Morgan fingerprint density at radius 1 is 1.00 bits per heavy atom. The molecule has 1 aromatic heterocycles. The molecule has 0 aliphatic rings. The highest BCUT2D eigenvalue weighted by Crippen LogP contribution is 2.32. The Labute approximate surface area is 193 Å². The number of hydrogen-bond acceptors (Lipinski definition) is 5. The second-order valence-corrected chi connectivity index (χ2v) is 8.15. The van der Waals surface area contributed by atoms with Crippen molar-refractivity contribution < 1.29 is 14.6 Å². The van der Waals surface area contributed by atoms with E-state index in [4.69, 9.17) is 9.73 Å². The molecule has 0 atom stereocenters. The van der Waals surface area contributed by atoms with Crippen LogP contribution in [0.1, 0.15) is 27.0 Å². The fraction of sp³-hybridized carbons (Fsp3) is 0.185. The quantitative estimate of drug-likeness (QED) is 0.315. The van der Waals surface area contributed by atoms with Crippen molar-refractivity contribution >= 4 is 28.3 Å². The summed E-state index contributed by atoms with van der Waals surface area (Å²) in [5, 5.41) is 11.6. The first kappa shape index (κ1) is 22.3. The number of nitrogens with zero attached hydrogens (tertiary/aromatic N) is 2. The standard InChI is InChI=1S/C27H27N3O3/c1-30(2)16-15-18-9-12-21(13-10-18)28-25(19-7-5-4-6-8-19)24-22-14-11-20(27(32)33-3)17-23(22)29-26(24)31/h4-14,17,29,31H,15-16H2,1-3H3. The van der Waals surface area contributed by atoms with Gasteiger partial charge in [-0.1, -0.05) is 48.5 Å². The van der Waals surface area contributed by atoms with E-state index in [0.717, 1.165) is 29.6 Å². The normalized spacial score (nSPS) is 11.8. The van der Waals surface area contributed by atoms with Crippen LogP contribution in [0.2, 0.25) is 0 Å². The molecule has 6 heteroatoms. The van der Waals surface area contributed by atoms with E-state index >= 15 is 0 Å². The number of aliphatic imine (C=N–C) groups is 1. The summed E-state index contributed by atoms with van der Waals surface area (Å²) in [6.45, 7) is 0.981. The number of methoxy groups -OCH3 is 1. The molecule has 0 saturated carbocycles. The largest absolute Gasteiger partial charge is 0.494 e. The number of fused-ring (bicyclic) bond motifs is 1. The van der Waals surface area contributed by atoms with Gasteiger partial charge in [-0.15, -0.1) is 0 Å². The van der Waals surface area contributed by atoms with Gasteiger partial charge in [0.15, 0.2) is 5.88 Å². The summed E-state index contributed by atoms with van der Waals surface area (Å²) in [5.41, 5.74) is 5.19. The van der Waals surface area contributed by atoms with Gasteiger partial charge in [-0.05, 0) is 50.3 Å². The molecule has 0 bridgehead atoms. The van der Waals surface area contributed by atoms with Crippen molar-refractivity contribution in [3.63, 3.8) is 0 Å². The van der Waals surface area contributed by atoms with Crippen LogP contribution < -0.4 is 0 Å². The topological polar surface area (TPSA) is 77.9 Å². The van der Waals surface area contributed by atoms with E-state index < -0.39 is 5.97 Å². The molecule has 0 aliphatic carbocycles. The molecule has 3 aromatic carbocycles. The molecule has 4 aromatic rings. The second kappa shape index (κ2) is 9.71. The number of nitrogens with one attached hydrogen (secondary N) is 1. The lowest BCUT2D eigenvalue weighted by atomic mass is 10.00. The molecule has 0 fully saturated rings. The van der Waals surface area contributed by atoms with Crippen molar-refractivity contribution in [1.29, 1.82) is 0 Å². The molecule has 33 heavy (non-hydrogen) atoms. The Hall–Kier alpha value is -3.90. The molecule has 0 unspecified atom stereocenters. The van der Waals surface area contributed by atoms with Crippen LogP contribution in [0.4, 0.5) is 5.69 Å². The average molecular weight is 442 g/mol. The number of likely N-dealkylation sites (N-methyl/N-ethyl adjacent to an activating group) is 1. The van der Waals surface area contributed by atoms with Crippen LogP contribution >= 0.6 is 0 Å². The van der Waals surface area contributed by atoms with Crippen molar-refractivity contribution in [2.75, 3.05) is 27.7 Å². The van der Waals surface area contributed by atoms with Gasteiger partial charge in [0.2, 0.25) is 0 Å². The molecular formula is C27H27N3O3. The average Bonchev–Trinajstić information content (AvgIpc) is 3.16. The first-order valence-corrected chi connectivity index (χ1v) is 10.8. The van der Waals surface area contributed by atoms with Gasteiger partial charge in [0, 0.05) is 23.0 Å². The van der Waals surface area contributed by atoms with Gasteiger partial charge in [0.25, 0.3) is 0 Å². The maximum Gasteiger partial charge on any atom is 0.337 e. The number of aromatic nitrogens is 1. The van der Waals surface area contributed by atoms with Gasteiger partial charge in [-0.25, -0.2) is 9.79 Å². The van der Waals surface area contributed by atoms with E-state index in [1.807, 2.05) is 42.5 Å². The maximum absolute atomic E-state index is 11.9. The summed E-state index contributed by atoms with van der Waals surface area (Å²) >= 11 is 0. The van der Waals surface area contributed by atoms with E-state index in [1.165, 1.54) is 12.7 Å². The number of aromatic amines is 1. The maximum atomic E-state index is 11.9. The van der Waals surface area contributed by atoms with Crippen molar-refractivity contribution in [3.05, 3.63) is 95.1 Å². The summed E-state index contributed by atoms with van der Waals surface area (Å²) in [6, 6.07) is 23.1. The van der Waals surface area contributed by atoms with Crippen molar-refractivity contribution in [3.8, 4) is 5.88 Å². The van der Waals surface area contributed by atoms with Crippen LogP contribution in [0.25, 0.3) is 10.9 Å². The highest BCUT2D eigenvalue weighted by molar-refractivity contribution is 6.22. The summed E-state index contributed by atoms with van der Waals surface area (Å²) < 4.78 is 4.82. The van der Waals surface area contributed by atoms with Crippen LogP contribution in [-0.2, 0) is 11.2 Å². The number of benzene rings is 3. The second-order valence-electron chi connectivity index (χ2n) is 8.15. The smallest absolute Gasteiger partial charge is 0.337 e. The van der Waals surface area contributed by atoms with Crippen LogP contribution in [0, 0.1) is 0 Å². The van der Waals surface area contributed by atoms with Crippen LogP contribution in [0.3, 0.4) is 0 Å². The van der Waals surface area contributed by atoms with Gasteiger partial charge < -0.3 is 19.7 Å². The minimum absolute atomic E-state index is 0.00257. The van der Waals surface area contributed by atoms with E-state index in [1.54, 1.807) is 18.2 Å². The minimum Gasteiger partial charge on any atom is -0.494 e. The summed E-state index contributed by atoms with van der Waals surface area (Å²) in [5.74, 6) is -0.434. The first-order chi connectivity index (χ1) is 16.0. The molecule has 0 spiro atoms. The van der Waals surface area contributed by atoms with Crippen molar-refractivity contribution in [1.82, 2.24) is 9.88 Å². The Kier molecular flexibility index (Phi) is 6.56.